The maximum Gasteiger partial charge on any atom is 0.124 e. The van der Waals surface area contributed by atoms with Gasteiger partial charge in [-0.1, -0.05) is 25.1 Å². The van der Waals surface area contributed by atoms with Crippen LogP contribution in [0.25, 0.3) is 0 Å². The van der Waals surface area contributed by atoms with Crippen molar-refractivity contribution in [1.29, 1.82) is 0 Å². The molecular weight excluding hydrogens is 218 g/mol. The molecule has 1 N–H and O–H groups in total. The Morgan fingerprint density at radius 1 is 1.44 bits per heavy atom. The fourth-order valence-corrected chi connectivity index (χ4v) is 2.56. The highest BCUT2D eigenvalue weighted by Gasteiger charge is 2.22. The van der Waals surface area contributed by atoms with Crippen LogP contribution in [0.15, 0.2) is 24.3 Å². The summed E-state index contributed by atoms with van der Waals surface area (Å²) in [6.45, 7) is 4.06. The first-order valence-electron chi connectivity index (χ1n) is 5.94. The average molecular weight is 237 g/mol. The molecule has 1 atom stereocenters. The van der Waals surface area contributed by atoms with Crippen LogP contribution in [0, 0.1) is 0 Å². The van der Waals surface area contributed by atoms with Gasteiger partial charge in [-0.2, -0.15) is 11.8 Å². The molecule has 1 aliphatic rings. The molecule has 2 nitrogen and oxygen atoms in total. The van der Waals surface area contributed by atoms with Crippen LogP contribution in [0.2, 0.25) is 0 Å². The summed E-state index contributed by atoms with van der Waals surface area (Å²) in [6.07, 6.45) is 1.23. The molecule has 0 saturated heterocycles. The van der Waals surface area contributed by atoms with E-state index in [9.17, 15) is 0 Å². The van der Waals surface area contributed by atoms with Crippen molar-refractivity contribution < 1.29 is 4.74 Å². The maximum atomic E-state index is 5.62. The normalized spacial score (nSPS) is 18.2. The smallest absolute Gasteiger partial charge is 0.124 e. The van der Waals surface area contributed by atoms with Gasteiger partial charge in [-0.25, -0.2) is 0 Å². The molecule has 1 heterocycles. The van der Waals surface area contributed by atoms with Crippen LogP contribution >= 0.6 is 11.8 Å². The van der Waals surface area contributed by atoms with Crippen molar-refractivity contribution in [2.45, 2.75) is 19.4 Å². The number of ether oxygens (including phenoxy) is 1. The molecule has 3 heteroatoms. The number of rotatable bonds is 6. The topological polar surface area (TPSA) is 21.3 Å². The van der Waals surface area contributed by atoms with Crippen molar-refractivity contribution in [2.75, 3.05) is 24.7 Å². The van der Waals surface area contributed by atoms with E-state index in [0.29, 0.717) is 6.04 Å². The van der Waals surface area contributed by atoms with Gasteiger partial charge in [0.15, 0.2) is 0 Å². The second-order valence-electron chi connectivity index (χ2n) is 3.91. The number of hydrogen-bond acceptors (Lipinski definition) is 3. The van der Waals surface area contributed by atoms with E-state index in [4.69, 9.17) is 4.74 Å². The molecule has 1 aromatic rings. The van der Waals surface area contributed by atoms with Crippen molar-refractivity contribution in [2.24, 2.45) is 0 Å². The number of hydrogen-bond donors (Lipinski definition) is 1. The Labute approximate surface area is 102 Å². The minimum absolute atomic E-state index is 0.392. The third-order valence-corrected chi connectivity index (χ3v) is 3.75. The molecule has 1 aliphatic heterocycles. The molecular formula is C13H19NOS. The van der Waals surface area contributed by atoms with Crippen LogP contribution in [-0.2, 0) is 0 Å². The standard InChI is InChI=1S/C13H19NOS/c1-2-16-9-5-8-14-12-10-15-13-7-4-3-6-11(12)13/h3-4,6-7,12,14H,2,5,8-10H2,1H3. The van der Waals surface area contributed by atoms with Gasteiger partial charge in [-0.05, 0) is 30.5 Å². The molecule has 0 aliphatic carbocycles. The minimum atomic E-state index is 0.392. The zero-order valence-electron chi connectivity index (χ0n) is 9.74. The lowest BCUT2D eigenvalue weighted by molar-refractivity contribution is 0.311. The third-order valence-electron chi connectivity index (χ3n) is 2.76. The number of benzene rings is 1. The van der Waals surface area contributed by atoms with Crippen LogP contribution < -0.4 is 10.1 Å². The van der Waals surface area contributed by atoms with Crippen molar-refractivity contribution in [1.82, 2.24) is 5.32 Å². The molecule has 0 amide bonds. The SMILES string of the molecule is CCSCCCNC1COc2ccccc21. The second kappa shape index (κ2) is 6.16. The zero-order chi connectivity index (χ0) is 11.2. The van der Waals surface area contributed by atoms with E-state index in [1.54, 1.807) is 0 Å². The molecule has 0 radical (unpaired) electrons. The van der Waals surface area contributed by atoms with Crippen LogP contribution in [0.1, 0.15) is 24.9 Å². The Hall–Kier alpha value is -0.670. The van der Waals surface area contributed by atoms with Crippen molar-refractivity contribution in [3.05, 3.63) is 29.8 Å². The summed E-state index contributed by atoms with van der Waals surface area (Å²) in [6, 6.07) is 8.70. The Bertz CT molecular complexity index is 329. The maximum absolute atomic E-state index is 5.62. The first kappa shape index (κ1) is 11.8. The summed E-state index contributed by atoms with van der Waals surface area (Å²) in [5.41, 5.74) is 1.31. The van der Waals surface area contributed by atoms with E-state index < -0.39 is 0 Å². The van der Waals surface area contributed by atoms with Crippen LogP contribution in [0.3, 0.4) is 0 Å². The van der Waals surface area contributed by atoms with Gasteiger partial charge in [0.25, 0.3) is 0 Å². The lowest BCUT2D eigenvalue weighted by Crippen LogP contribution is -2.23. The monoisotopic (exact) mass is 237 g/mol. The average Bonchev–Trinajstić information content (AvgIpc) is 2.73. The van der Waals surface area contributed by atoms with E-state index in [0.717, 1.165) is 18.9 Å². The number of fused-ring (bicyclic) bond motifs is 1. The van der Waals surface area contributed by atoms with E-state index in [1.807, 2.05) is 23.9 Å². The summed E-state index contributed by atoms with van der Waals surface area (Å²) in [5, 5.41) is 3.56. The zero-order valence-corrected chi connectivity index (χ0v) is 10.6. The lowest BCUT2D eigenvalue weighted by Gasteiger charge is -2.10. The molecule has 16 heavy (non-hydrogen) atoms. The summed E-state index contributed by atoms with van der Waals surface area (Å²) < 4.78 is 5.62. The molecule has 1 unspecified atom stereocenters. The molecule has 88 valence electrons. The van der Waals surface area contributed by atoms with Gasteiger partial charge in [0.05, 0.1) is 6.04 Å². The molecule has 0 fully saturated rings. The minimum Gasteiger partial charge on any atom is -0.491 e. The molecule has 0 spiro atoms. The summed E-state index contributed by atoms with van der Waals surface area (Å²) in [5.74, 6) is 3.51. The van der Waals surface area contributed by atoms with Gasteiger partial charge in [0.2, 0.25) is 0 Å². The molecule has 2 rings (SSSR count). The highest BCUT2D eigenvalue weighted by atomic mass is 32.2. The predicted molar refractivity (Wildman–Crippen MR) is 70.3 cm³/mol. The van der Waals surface area contributed by atoms with Crippen molar-refractivity contribution >= 4 is 11.8 Å². The largest absolute Gasteiger partial charge is 0.491 e. The summed E-state index contributed by atoms with van der Waals surface area (Å²) in [4.78, 5) is 0. The molecule has 0 saturated carbocycles. The van der Waals surface area contributed by atoms with Crippen molar-refractivity contribution in [3.8, 4) is 5.75 Å². The van der Waals surface area contributed by atoms with Crippen LogP contribution in [0.4, 0.5) is 0 Å². The fourth-order valence-electron chi connectivity index (χ4n) is 1.93. The molecule has 0 aromatic heterocycles. The van der Waals surface area contributed by atoms with Gasteiger partial charge < -0.3 is 10.1 Å². The van der Waals surface area contributed by atoms with Gasteiger partial charge in [0, 0.05) is 5.56 Å². The van der Waals surface area contributed by atoms with E-state index in [-0.39, 0.29) is 0 Å². The van der Waals surface area contributed by atoms with E-state index in [2.05, 4.69) is 24.4 Å². The number of para-hydroxylation sites is 1. The Morgan fingerprint density at radius 3 is 3.19 bits per heavy atom. The van der Waals surface area contributed by atoms with E-state index >= 15 is 0 Å². The first-order valence-corrected chi connectivity index (χ1v) is 7.10. The highest BCUT2D eigenvalue weighted by molar-refractivity contribution is 7.99. The summed E-state index contributed by atoms with van der Waals surface area (Å²) >= 11 is 2.00. The second-order valence-corrected chi connectivity index (χ2v) is 5.30. The Kier molecular flexibility index (Phi) is 4.55. The van der Waals surface area contributed by atoms with Gasteiger partial charge >= 0.3 is 0 Å². The molecule has 0 bridgehead atoms. The van der Waals surface area contributed by atoms with Gasteiger partial charge in [-0.3, -0.25) is 0 Å². The highest BCUT2D eigenvalue weighted by Crippen LogP contribution is 2.31. The van der Waals surface area contributed by atoms with Gasteiger partial charge in [-0.15, -0.1) is 0 Å². The van der Waals surface area contributed by atoms with Crippen LogP contribution in [0.5, 0.6) is 5.75 Å². The first-order chi connectivity index (χ1) is 7.92. The fraction of sp³-hybridized carbons (Fsp3) is 0.538. The quantitative estimate of drug-likeness (QED) is 0.769. The number of nitrogens with one attached hydrogen (secondary N) is 1. The molecule has 1 aromatic carbocycles. The predicted octanol–water partition coefficient (Wildman–Crippen LogP) is 2.85. The Balaban J connectivity index is 1.76. The van der Waals surface area contributed by atoms with Crippen molar-refractivity contribution in [3.63, 3.8) is 0 Å². The van der Waals surface area contributed by atoms with Crippen LogP contribution in [-0.4, -0.2) is 24.7 Å². The van der Waals surface area contributed by atoms with Gasteiger partial charge in [0.1, 0.15) is 12.4 Å². The van der Waals surface area contributed by atoms with E-state index in [1.165, 1.54) is 23.5 Å². The summed E-state index contributed by atoms with van der Waals surface area (Å²) in [7, 11) is 0. The number of thioether (sulfide) groups is 1. The lowest BCUT2D eigenvalue weighted by atomic mass is 10.1. The third kappa shape index (κ3) is 2.92. The Morgan fingerprint density at radius 2 is 2.31 bits per heavy atom.